The van der Waals surface area contributed by atoms with Gasteiger partial charge in [-0.3, -0.25) is 9.69 Å². The van der Waals surface area contributed by atoms with Crippen molar-refractivity contribution in [1.82, 2.24) is 14.5 Å². The van der Waals surface area contributed by atoms with E-state index in [9.17, 15) is 4.79 Å². The fourth-order valence-corrected chi connectivity index (χ4v) is 4.80. The van der Waals surface area contributed by atoms with Crippen LogP contribution < -0.4 is 14.4 Å². The number of anilines is 1. The van der Waals surface area contributed by atoms with Crippen LogP contribution in [0.25, 0.3) is 10.2 Å². The summed E-state index contributed by atoms with van der Waals surface area (Å²) in [6.07, 6.45) is 6.48. The minimum atomic E-state index is -0.712. The molecule has 3 heterocycles. The fourth-order valence-electron chi connectivity index (χ4n) is 3.74. The van der Waals surface area contributed by atoms with Crippen LogP contribution in [0.15, 0.2) is 61.2 Å². The van der Waals surface area contributed by atoms with Crippen LogP contribution in [0.2, 0.25) is 0 Å². The standard InChI is InChI=1S/C24H24N4O3S/c1-2-17-8-9-18-22(14-17)32-24(26-18)28(12-5-11-27-13-10-25-16-27)23(29)21-15-30-19-6-3-4-7-20(19)31-21/h3-4,6-10,13-14,16,21H,2,5,11-12,15H2,1H3/t21-/m1/s1. The van der Waals surface area contributed by atoms with Gasteiger partial charge in [-0.25, -0.2) is 9.97 Å². The Balaban J connectivity index is 1.40. The number of thiazole rings is 1. The van der Waals surface area contributed by atoms with E-state index in [0.717, 1.165) is 29.6 Å². The number of para-hydroxylation sites is 2. The summed E-state index contributed by atoms with van der Waals surface area (Å²) >= 11 is 1.54. The highest BCUT2D eigenvalue weighted by molar-refractivity contribution is 7.22. The number of hydrogen-bond acceptors (Lipinski definition) is 6. The Kier molecular flexibility index (Phi) is 5.77. The molecule has 0 N–H and O–H groups in total. The van der Waals surface area contributed by atoms with Gasteiger partial charge in [-0.2, -0.15) is 0 Å². The van der Waals surface area contributed by atoms with Crippen molar-refractivity contribution in [2.24, 2.45) is 0 Å². The van der Waals surface area contributed by atoms with Crippen molar-refractivity contribution in [3.05, 3.63) is 66.7 Å². The topological polar surface area (TPSA) is 69.5 Å². The van der Waals surface area contributed by atoms with Gasteiger partial charge in [0.2, 0.25) is 6.10 Å². The minimum Gasteiger partial charge on any atom is -0.485 e. The Morgan fingerprint density at radius 1 is 1.25 bits per heavy atom. The molecule has 7 nitrogen and oxygen atoms in total. The number of aryl methyl sites for hydroxylation is 2. The smallest absolute Gasteiger partial charge is 0.273 e. The zero-order valence-corrected chi connectivity index (χ0v) is 18.6. The van der Waals surface area contributed by atoms with Crippen LogP contribution in [-0.2, 0) is 17.8 Å². The summed E-state index contributed by atoms with van der Waals surface area (Å²) in [7, 11) is 0. The third-order valence-corrected chi connectivity index (χ3v) is 6.53. The summed E-state index contributed by atoms with van der Waals surface area (Å²) in [5.74, 6) is 1.11. The van der Waals surface area contributed by atoms with E-state index in [4.69, 9.17) is 14.5 Å². The number of carbonyl (C=O) groups is 1. The summed E-state index contributed by atoms with van der Waals surface area (Å²) in [5, 5.41) is 0.686. The van der Waals surface area contributed by atoms with E-state index < -0.39 is 6.10 Å². The van der Waals surface area contributed by atoms with Gasteiger partial charge in [0.1, 0.15) is 6.61 Å². The normalized spacial score (nSPS) is 15.1. The van der Waals surface area contributed by atoms with Crippen LogP contribution >= 0.6 is 11.3 Å². The van der Waals surface area contributed by atoms with Crippen LogP contribution in [0, 0.1) is 0 Å². The molecular formula is C24H24N4O3S. The largest absolute Gasteiger partial charge is 0.485 e. The number of imidazole rings is 1. The summed E-state index contributed by atoms with van der Waals surface area (Å²) in [6.45, 7) is 3.60. The molecule has 0 radical (unpaired) electrons. The molecule has 0 fully saturated rings. The zero-order valence-electron chi connectivity index (χ0n) is 17.8. The highest BCUT2D eigenvalue weighted by Gasteiger charge is 2.33. The Morgan fingerprint density at radius 3 is 2.94 bits per heavy atom. The molecule has 0 saturated carbocycles. The molecule has 0 aliphatic carbocycles. The maximum Gasteiger partial charge on any atom is 0.273 e. The highest BCUT2D eigenvalue weighted by atomic mass is 32.1. The molecule has 32 heavy (non-hydrogen) atoms. The summed E-state index contributed by atoms with van der Waals surface area (Å²) in [6, 6.07) is 13.7. The van der Waals surface area contributed by atoms with E-state index >= 15 is 0 Å². The Morgan fingerprint density at radius 2 is 2.12 bits per heavy atom. The van der Waals surface area contributed by atoms with Gasteiger partial charge in [0.25, 0.3) is 5.91 Å². The second kappa shape index (κ2) is 9.00. The van der Waals surface area contributed by atoms with Crippen molar-refractivity contribution in [2.45, 2.75) is 32.4 Å². The lowest BCUT2D eigenvalue weighted by atomic mass is 10.2. The molecule has 4 aromatic rings. The molecule has 8 heteroatoms. The van der Waals surface area contributed by atoms with Crippen LogP contribution in [0.3, 0.4) is 0 Å². The van der Waals surface area contributed by atoms with E-state index in [0.29, 0.717) is 23.2 Å². The number of benzene rings is 2. The molecular weight excluding hydrogens is 424 g/mol. The van der Waals surface area contributed by atoms with Crippen molar-refractivity contribution in [3.8, 4) is 11.5 Å². The molecule has 2 aromatic carbocycles. The maximum absolute atomic E-state index is 13.6. The van der Waals surface area contributed by atoms with Gasteiger partial charge in [0.05, 0.1) is 16.5 Å². The predicted molar refractivity (Wildman–Crippen MR) is 125 cm³/mol. The number of carbonyl (C=O) groups excluding carboxylic acids is 1. The van der Waals surface area contributed by atoms with E-state index in [-0.39, 0.29) is 12.5 Å². The average molecular weight is 449 g/mol. The summed E-state index contributed by atoms with van der Waals surface area (Å²) in [4.78, 5) is 24.2. The molecule has 5 rings (SSSR count). The summed E-state index contributed by atoms with van der Waals surface area (Å²) < 4.78 is 14.9. The first-order valence-electron chi connectivity index (χ1n) is 10.8. The molecule has 0 unspecified atom stereocenters. The van der Waals surface area contributed by atoms with Gasteiger partial charge in [-0.15, -0.1) is 0 Å². The molecule has 0 saturated heterocycles. The fraction of sp³-hybridized carbons (Fsp3) is 0.292. The number of hydrogen-bond donors (Lipinski definition) is 0. The van der Waals surface area contributed by atoms with Crippen molar-refractivity contribution in [1.29, 1.82) is 0 Å². The number of rotatable bonds is 7. The molecule has 1 atom stereocenters. The number of ether oxygens (including phenoxy) is 2. The lowest BCUT2D eigenvalue weighted by Gasteiger charge is -2.29. The Hall–Kier alpha value is -3.39. The number of amides is 1. The zero-order chi connectivity index (χ0) is 21.9. The number of aromatic nitrogens is 3. The van der Waals surface area contributed by atoms with E-state index in [2.05, 4.69) is 24.0 Å². The lowest BCUT2D eigenvalue weighted by molar-refractivity contribution is -0.127. The van der Waals surface area contributed by atoms with Gasteiger partial charge in [-0.05, 0) is 42.7 Å². The molecule has 2 aromatic heterocycles. The quantitative estimate of drug-likeness (QED) is 0.421. The van der Waals surface area contributed by atoms with Crippen molar-refractivity contribution >= 4 is 32.6 Å². The first-order chi connectivity index (χ1) is 15.7. The van der Waals surface area contributed by atoms with E-state index in [1.807, 2.05) is 41.1 Å². The van der Waals surface area contributed by atoms with Crippen LogP contribution in [-0.4, -0.2) is 39.7 Å². The van der Waals surface area contributed by atoms with Crippen LogP contribution in [0.4, 0.5) is 5.13 Å². The van der Waals surface area contributed by atoms with Gasteiger partial charge >= 0.3 is 0 Å². The van der Waals surface area contributed by atoms with Crippen molar-refractivity contribution in [3.63, 3.8) is 0 Å². The second-order valence-electron chi connectivity index (χ2n) is 7.66. The number of fused-ring (bicyclic) bond motifs is 2. The molecule has 1 amide bonds. The number of nitrogens with zero attached hydrogens (tertiary/aromatic N) is 4. The highest BCUT2D eigenvalue weighted by Crippen LogP contribution is 2.34. The Labute approximate surface area is 190 Å². The summed E-state index contributed by atoms with van der Waals surface area (Å²) in [5.41, 5.74) is 2.16. The maximum atomic E-state index is 13.6. The van der Waals surface area contributed by atoms with Crippen molar-refractivity contribution in [2.75, 3.05) is 18.1 Å². The molecule has 1 aliphatic rings. The Bertz CT molecular complexity index is 1220. The second-order valence-corrected chi connectivity index (χ2v) is 8.67. The minimum absolute atomic E-state index is 0.139. The van der Waals surface area contributed by atoms with Gasteiger partial charge < -0.3 is 14.0 Å². The SMILES string of the molecule is CCc1ccc2nc(N(CCCn3ccnc3)C(=O)[C@H]3COc4ccccc4O3)sc2c1. The first-order valence-corrected chi connectivity index (χ1v) is 11.6. The molecule has 0 bridgehead atoms. The molecule has 164 valence electrons. The van der Waals surface area contributed by atoms with Crippen LogP contribution in [0.1, 0.15) is 18.9 Å². The van der Waals surface area contributed by atoms with Crippen LogP contribution in [0.5, 0.6) is 11.5 Å². The molecule has 1 aliphatic heterocycles. The third-order valence-electron chi connectivity index (χ3n) is 5.49. The van der Waals surface area contributed by atoms with E-state index in [1.165, 1.54) is 16.9 Å². The third kappa shape index (κ3) is 4.18. The average Bonchev–Trinajstić information content (AvgIpc) is 3.50. The predicted octanol–water partition coefficient (Wildman–Crippen LogP) is 4.32. The lowest BCUT2D eigenvalue weighted by Crippen LogP contribution is -2.47. The molecule has 0 spiro atoms. The first kappa shape index (κ1) is 20.5. The monoisotopic (exact) mass is 448 g/mol. The van der Waals surface area contributed by atoms with Gasteiger partial charge in [0.15, 0.2) is 16.6 Å². The van der Waals surface area contributed by atoms with Gasteiger partial charge in [0, 0.05) is 25.5 Å². The van der Waals surface area contributed by atoms with Gasteiger partial charge in [-0.1, -0.05) is 36.5 Å². The van der Waals surface area contributed by atoms with E-state index in [1.54, 1.807) is 17.4 Å². The van der Waals surface area contributed by atoms with Crippen molar-refractivity contribution < 1.29 is 14.3 Å².